The van der Waals surface area contributed by atoms with Gasteiger partial charge in [-0.15, -0.1) is 11.3 Å². The summed E-state index contributed by atoms with van der Waals surface area (Å²) in [7, 11) is 0. The molecule has 2 fully saturated rings. The highest BCUT2D eigenvalue weighted by molar-refractivity contribution is 7.09. The summed E-state index contributed by atoms with van der Waals surface area (Å²) in [5.74, 6) is -0.0139. The van der Waals surface area contributed by atoms with E-state index in [4.69, 9.17) is 4.74 Å². The highest BCUT2D eigenvalue weighted by atomic mass is 32.1. The van der Waals surface area contributed by atoms with Gasteiger partial charge >= 0.3 is 0 Å². The molecular weight excluding hydrogens is 305 g/mol. The molecule has 3 rings (SSSR count). The zero-order valence-electron chi connectivity index (χ0n) is 12.5. The second-order valence-electron chi connectivity index (χ2n) is 6.00. The number of ether oxygens (including phenoxy) is 1. The number of rotatable bonds is 5. The van der Waals surface area contributed by atoms with Gasteiger partial charge in [-0.25, -0.2) is 9.37 Å². The lowest BCUT2D eigenvalue weighted by molar-refractivity contribution is -0.129. The van der Waals surface area contributed by atoms with Crippen LogP contribution in [0.2, 0.25) is 0 Å². The summed E-state index contributed by atoms with van der Waals surface area (Å²) >= 11 is 1.58. The van der Waals surface area contributed by atoms with E-state index in [0.717, 1.165) is 24.5 Å². The third-order valence-electron chi connectivity index (χ3n) is 4.34. The average Bonchev–Trinajstić information content (AvgIpc) is 3.16. The molecule has 0 aromatic carbocycles. The molecule has 122 valence electrons. The summed E-state index contributed by atoms with van der Waals surface area (Å²) < 4.78 is 19.1. The van der Waals surface area contributed by atoms with E-state index in [1.54, 1.807) is 17.5 Å². The third kappa shape index (κ3) is 4.02. The van der Waals surface area contributed by atoms with Crippen LogP contribution in [0.25, 0.3) is 0 Å². The van der Waals surface area contributed by atoms with Crippen molar-refractivity contribution in [1.82, 2.24) is 15.2 Å². The van der Waals surface area contributed by atoms with Crippen molar-refractivity contribution in [3.8, 4) is 0 Å². The first-order chi connectivity index (χ1) is 10.7. The molecular formula is C15H22FN3O2S. The van der Waals surface area contributed by atoms with Gasteiger partial charge in [-0.2, -0.15) is 0 Å². The number of carbonyl (C=O) groups is 1. The summed E-state index contributed by atoms with van der Waals surface area (Å²) in [6.07, 6.45) is 3.24. The Labute approximate surface area is 133 Å². The van der Waals surface area contributed by atoms with Gasteiger partial charge in [0.25, 0.3) is 0 Å². The second kappa shape index (κ2) is 7.48. The minimum atomic E-state index is -0.820. The van der Waals surface area contributed by atoms with Gasteiger partial charge in [0.1, 0.15) is 11.2 Å². The number of nitrogens with zero attached hydrogens (tertiary/aromatic N) is 2. The van der Waals surface area contributed by atoms with E-state index >= 15 is 0 Å². The van der Waals surface area contributed by atoms with E-state index in [2.05, 4.69) is 15.2 Å². The van der Waals surface area contributed by atoms with Crippen molar-refractivity contribution in [1.29, 1.82) is 0 Å². The Morgan fingerprint density at radius 3 is 3.23 bits per heavy atom. The van der Waals surface area contributed by atoms with Gasteiger partial charge in [0.15, 0.2) is 0 Å². The van der Waals surface area contributed by atoms with Gasteiger partial charge in [0.05, 0.1) is 19.1 Å². The van der Waals surface area contributed by atoms with Gasteiger partial charge in [0.2, 0.25) is 5.91 Å². The molecule has 1 aromatic rings. The number of alkyl halides is 1. The number of hydrogen-bond donors (Lipinski definition) is 1. The Kier molecular flexibility index (Phi) is 5.38. The van der Waals surface area contributed by atoms with Crippen molar-refractivity contribution in [3.05, 3.63) is 16.6 Å². The molecule has 3 heterocycles. The quantitative estimate of drug-likeness (QED) is 0.892. The average molecular weight is 327 g/mol. The number of likely N-dealkylation sites (tertiary alicyclic amines) is 1. The molecule has 1 aromatic heterocycles. The predicted molar refractivity (Wildman–Crippen MR) is 82.4 cm³/mol. The Balaban J connectivity index is 1.50. The van der Waals surface area contributed by atoms with Crippen LogP contribution < -0.4 is 5.32 Å². The molecule has 5 nitrogen and oxygen atoms in total. The van der Waals surface area contributed by atoms with Gasteiger partial charge in [-0.1, -0.05) is 0 Å². The number of thiazole rings is 1. The van der Waals surface area contributed by atoms with Crippen molar-refractivity contribution >= 4 is 17.2 Å². The molecule has 1 amide bonds. The molecule has 2 aliphatic rings. The van der Waals surface area contributed by atoms with Gasteiger partial charge in [0, 0.05) is 37.3 Å². The number of nitrogens with one attached hydrogen (secondary N) is 1. The van der Waals surface area contributed by atoms with Crippen LogP contribution in [0.4, 0.5) is 4.39 Å². The lowest BCUT2D eigenvalue weighted by Gasteiger charge is -2.25. The highest BCUT2D eigenvalue weighted by Crippen LogP contribution is 2.23. The fourth-order valence-electron chi connectivity index (χ4n) is 3.14. The number of hydrogen-bond acceptors (Lipinski definition) is 5. The largest absolute Gasteiger partial charge is 0.381 e. The molecule has 0 aliphatic carbocycles. The van der Waals surface area contributed by atoms with Crippen molar-refractivity contribution in [2.45, 2.75) is 38.0 Å². The summed E-state index contributed by atoms with van der Waals surface area (Å²) in [6.45, 7) is 2.83. The summed E-state index contributed by atoms with van der Waals surface area (Å²) in [5.41, 5.74) is 0. The van der Waals surface area contributed by atoms with E-state index in [9.17, 15) is 9.18 Å². The fourth-order valence-corrected chi connectivity index (χ4v) is 3.78. The molecule has 0 spiro atoms. The summed E-state index contributed by atoms with van der Waals surface area (Å²) in [4.78, 5) is 18.5. The molecule has 2 aliphatic heterocycles. The van der Waals surface area contributed by atoms with E-state index in [1.807, 2.05) is 5.38 Å². The Morgan fingerprint density at radius 1 is 1.59 bits per heavy atom. The first-order valence-electron chi connectivity index (χ1n) is 7.84. The summed E-state index contributed by atoms with van der Waals surface area (Å²) in [5, 5.41) is 5.90. The van der Waals surface area contributed by atoms with Crippen LogP contribution in [-0.2, 0) is 16.1 Å². The molecule has 0 saturated carbocycles. The lowest BCUT2D eigenvalue weighted by Crippen LogP contribution is -2.43. The second-order valence-corrected chi connectivity index (χ2v) is 6.98. The molecule has 7 heteroatoms. The topological polar surface area (TPSA) is 54.5 Å². The van der Waals surface area contributed by atoms with E-state index < -0.39 is 6.17 Å². The molecule has 2 saturated heterocycles. The van der Waals surface area contributed by atoms with Gasteiger partial charge in [-0.3, -0.25) is 9.69 Å². The minimum Gasteiger partial charge on any atom is -0.381 e. The van der Waals surface area contributed by atoms with Crippen LogP contribution in [0.5, 0.6) is 0 Å². The van der Waals surface area contributed by atoms with E-state index in [-0.39, 0.29) is 17.9 Å². The van der Waals surface area contributed by atoms with Crippen LogP contribution >= 0.6 is 11.3 Å². The van der Waals surface area contributed by atoms with Crippen LogP contribution in [-0.4, -0.2) is 54.3 Å². The molecule has 22 heavy (non-hydrogen) atoms. The van der Waals surface area contributed by atoms with Crippen molar-refractivity contribution in [2.75, 3.05) is 26.3 Å². The molecule has 3 atom stereocenters. The van der Waals surface area contributed by atoms with Crippen molar-refractivity contribution in [2.24, 2.45) is 5.92 Å². The monoisotopic (exact) mass is 327 g/mol. The minimum absolute atomic E-state index is 0.0382. The molecule has 0 radical (unpaired) electrons. The van der Waals surface area contributed by atoms with E-state index in [0.29, 0.717) is 32.7 Å². The number of carbonyl (C=O) groups excluding carboxylic acids is 1. The maximum atomic E-state index is 13.7. The predicted octanol–water partition coefficient (Wildman–Crippen LogP) is 1.60. The lowest BCUT2D eigenvalue weighted by atomic mass is 10.0. The maximum absolute atomic E-state index is 13.7. The number of amides is 1. The van der Waals surface area contributed by atoms with Crippen molar-refractivity contribution < 1.29 is 13.9 Å². The Bertz CT molecular complexity index is 479. The number of halogens is 1. The number of aromatic nitrogens is 1. The van der Waals surface area contributed by atoms with Crippen molar-refractivity contribution in [3.63, 3.8) is 0 Å². The van der Waals surface area contributed by atoms with Crippen LogP contribution in [0.1, 0.15) is 24.3 Å². The zero-order chi connectivity index (χ0) is 15.4. The molecule has 0 unspecified atom stereocenters. The maximum Gasteiger partial charge on any atom is 0.225 e. The Hall–Kier alpha value is -1.05. The summed E-state index contributed by atoms with van der Waals surface area (Å²) in [6, 6.07) is 0.0485. The van der Waals surface area contributed by atoms with Gasteiger partial charge < -0.3 is 10.1 Å². The smallest absolute Gasteiger partial charge is 0.225 e. The first-order valence-corrected chi connectivity index (χ1v) is 8.72. The first kappa shape index (κ1) is 15.8. The van der Waals surface area contributed by atoms with Crippen LogP contribution in [0.15, 0.2) is 11.6 Å². The highest BCUT2D eigenvalue weighted by Gasteiger charge is 2.33. The fraction of sp³-hybridized carbons (Fsp3) is 0.733. The standard InChI is InChI=1S/C15H22FN3O2S/c16-12-6-13(19(8-12)9-14-17-3-5-22-14)7-18-15(20)11-2-1-4-21-10-11/h3,5,11-13H,1-2,4,6-10H2,(H,18,20)/t11-,12-,13-/m0/s1. The van der Waals surface area contributed by atoms with Crippen LogP contribution in [0.3, 0.4) is 0 Å². The normalized spacial score (nSPS) is 29.6. The third-order valence-corrected chi connectivity index (χ3v) is 5.11. The SMILES string of the molecule is O=C(NC[C@@H]1C[C@H](F)CN1Cc1nccs1)[C@H]1CCCOC1. The van der Waals surface area contributed by atoms with Gasteiger partial charge in [-0.05, 0) is 19.3 Å². The molecule has 1 N–H and O–H groups in total. The molecule has 0 bridgehead atoms. The zero-order valence-corrected chi connectivity index (χ0v) is 13.4. The van der Waals surface area contributed by atoms with E-state index in [1.165, 1.54) is 0 Å². The Morgan fingerprint density at radius 2 is 2.50 bits per heavy atom. The van der Waals surface area contributed by atoms with Crippen LogP contribution in [0, 0.1) is 5.92 Å².